The molecule has 0 saturated carbocycles. The van der Waals surface area contributed by atoms with Crippen LogP contribution in [0.1, 0.15) is 23.0 Å². The van der Waals surface area contributed by atoms with Gasteiger partial charge in [0.2, 0.25) is 0 Å². The van der Waals surface area contributed by atoms with Crippen molar-refractivity contribution in [3.05, 3.63) is 54.0 Å². The molecule has 0 radical (unpaired) electrons. The maximum Gasteiger partial charge on any atom is 0.338 e. The fourth-order valence-electron chi connectivity index (χ4n) is 1.74. The molecule has 0 aliphatic carbocycles. The molecular weight excluding hydrogens is 302 g/mol. The van der Waals surface area contributed by atoms with Crippen LogP contribution in [0.3, 0.4) is 0 Å². The molecule has 0 aliphatic rings. The molecule has 1 amide bonds. The Hall–Kier alpha value is -2.21. The van der Waals surface area contributed by atoms with Crippen molar-refractivity contribution >= 4 is 23.6 Å². The summed E-state index contributed by atoms with van der Waals surface area (Å²) in [6.07, 6.45) is 2.62. The number of carbonyl (C=O) groups excluding carboxylic acids is 2. The molecule has 0 fully saturated rings. The second kappa shape index (κ2) is 7.70. The van der Waals surface area contributed by atoms with E-state index in [0.29, 0.717) is 11.3 Å². The number of thioether (sulfide) groups is 1. The Morgan fingerprint density at radius 2 is 2.00 bits per heavy atom. The van der Waals surface area contributed by atoms with Gasteiger partial charge in [-0.2, -0.15) is 0 Å². The third-order valence-electron chi connectivity index (χ3n) is 3.00. The van der Waals surface area contributed by atoms with Crippen molar-refractivity contribution < 1.29 is 18.7 Å². The molecule has 0 unspecified atom stereocenters. The highest BCUT2D eigenvalue weighted by molar-refractivity contribution is 7.98. The summed E-state index contributed by atoms with van der Waals surface area (Å²) < 4.78 is 10.3. The van der Waals surface area contributed by atoms with E-state index in [2.05, 4.69) is 5.32 Å². The lowest BCUT2D eigenvalue weighted by molar-refractivity contribution is -0.129. The SMILES string of the molecule is CSc1ccc(C(=O)O[C@@H](C)C(=O)NCc2ccco2)cc1. The molecular formula is C16H17NO4S. The highest BCUT2D eigenvalue weighted by atomic mass is 32.2. The van der Waals surface area contributed by atoms with Gasteiger partial charge in [0.1, 0.15) is 5.76 Å². The van der Waals surface area contributed by atoms with Gasteiger partial charge in [-0.05, 0) is 49.6 Å². The van der Waals surface area contributed by atoms with Crippen molar-refractivity contribution in [2.24, 2.45) is 0 Å². The zero-order valence-corrected chi connectivity index (χ0v) is 13.2. The average molecular weight is 319 g/mol. The van der Waals surface area contributed by atoms with Crippen molar-refractivity contribution in [1.29, 1.82) is 0 Å². The first kappa shape index (κ1) is 16.2. The Bertz CT molecular complexity index is 622. The first-order chi connectivity index (χ1) is 10.6. The van der Waals surface area contributed by atoms with E-state index in [0.717, 1.165) is 4.90 Å². The van der Waals surface area contributed by atoms with Crippen LogP contribution in [0.25, 0.3) is 0 Å². The molecule has 116 valence electrons. The van der Waals surface area contributed by atoms with Gasteiger partial charge in [0.05, 0.1) is 18.4 Å². The van der Waals surface area contributed by atoms with Crippen molar-refractivity contribution in [2.45, 2.75) is 24.5 Å². The third kappa shape index (κ3) is 4.39. The van der Waals surface area contributed by atoms with Crippen LogP contribution in [0.5, 0.6) is 0 Å². The molecule has 22 heavy (non-hydrogen) atoms. The van der Waals surface area contributed by atoms with Crippen molar-refractivity contribution in [1.82, 2.24) is 5.32 Å². The predicted octanol–water partition coefficient (Wildman–Crippen LogP) is 2.86. The van der Waals surface area contributed by atoms with Crippen molar-refractivity contribution in [3.8, 4) is 0 Å². The Morgan fingerprint density at radius 3 is 2.59 bits per heavy atom. The van der Waals surface area contributed by atoms with E-state index in [1.54, 1.807) is 36.0 Å². The molecule has 2 rings (SSSR count). The lowest BCUT2D eigenvalue weighted by Crippen LogP contribution is -2.35. The maximum atomic E-state index is 12.0. The van der Waals surface area contributed by atoms with Crippen molar-refractivity contribution in [3.63, 3.8) is 0 Å². The first-order valence-corrected chi connectivity index (χ1v) is 7.97. The Morgan fingerprint density at radius 1 is 1.27 bits per heavy atom. The van der Waals surface area contributed by atoms with Crippen LogP contribution in [0.2, 0.25) is 0 Å². The van der Waals surface area contributed by atoms with Gasteiger partial charge in [-0.1, -0.05) is 0 Å². The summed E-state index contributed by atoms with van der Waals surface area (Å²) in [5.74, 6) is -0.252. The molecule has 0 aliphatic heterocycles. The Labute approximate surface area is 133 Å². The Kier molecular flexibility index (Phi) is 5.66. The summed E-state index contributed by atoms with van der Waals surface area (Å²) in [4.78, 5) is 24.9. The van der Waals surface area contributed by atoms with Crippen LogP contribution < -0.4 is 5.32 Å². The molecule has 1 atom stereocenters. The number of hydrogen-bond acceptors (Lipinski definition) is 5. The lowest BCUT2D eigenvalue weighted by atomic mass is 10.2. The van der Waals surface area contributed by atoms with Gasteiger partial charge in [-0.25, -0.2) is 4.79 Å². The number of amides is 1. The minimum atomic E-state index is -0.873. The zero-order chi connectivity index (χ0) is 15.9. The van der Waals surface area contributed by atoms with Crippen LogP contribution in [0, 0.1) is 0 Å². The van der Waals surface area contributed by atoms with E-state index in [1.807, 2.05) is 18.4 Å². The van der Waals surface area contributed by atoms with Crippen LogP contribution in [0.15, 0.2) is 52.0 Å². The fourth-order valence-corrected chi connectivity index (χ4v) is 2.15. The van der Waals surface area contributed by atoms with Crippen LogP contribution in [0.4, 0.5) is 0 Å². The van der Waals surface area contributed by atoms with E-state index < -0.39 is 12.1 Å². The van der Waals surface area contributed by atoms with Crippen molar-refractivity contribution in [2.75, 3.05) is 6.26 Å². The molecule has 1 heterocycles. The summed E-state index contributed by atoms with van der Waals surface area (Å²) in [6, 6.07) is 10.5. The van der Waals surface area contributed by atoms with Gasteiger partial charge in [-0.3, -0.25) is 4.79 Å². The first-order valence-electron chi connectivity index (χ1n) is 6.75. The quantitative estimate of drug-likeness (QED) is 0.655. The average Bonchev–Trinajstić information content (AvgIpc) is 3.06. The minimum Gasteiger partial charge on any atom is -0.467 e. The monoisotopic (exact) mass is 319 g/mol. The highest BCUT2D eigenvalue weighted by Crippen LogP contribution is 2.15. The van der Waals surface area contributed by atoms with Gasteiger partial charge in [-0.15, -0.1) is 11.8 Å². The van der Waals surface area contributed by atoms with E-state index >= 15 is 0 Å². The smallest absolute Gasteiger partial charge is 0.338 e. The van der Waals surface area contributed by atoms with E-state index in [-0.39, 0.29) is 12.5 Å². The molecule has 5 nitrogen and oxygen atoms in total. The molecule has 1 N–H and O–H groups in total. The highest BCUT2D eigenvalue weighted by Gasteiger charge is 2.18. The van der Waals surface area contributed by atoms with Crippen LogP contribution in [-0.4, -0.2) is 24.2 Å². The van der Waals surface area contributed by atoms with Crippen LogP contribution >= 0.6 is 11.8 Å². The van der Waals surface area contributed by atoms with E-state index in [9.17, 15) is 9.59 Å². The van der Waals surface area contributed by atoms with Crippen LogP contribution in [-0.2, 0) is 16.1 Å². The fraction of sp³-hybridized carbons (Fsp3) is 0.250. The number of ether oxygens (including phenoxy) is 1. The number of rotatable bonds is 6. The van der Waals surface area contributed by atoms with Gasteiger partial charge in [0.25, 0.3) is 5.91 Å². The van der Waals surface area contributed by atoms with Gasteiger partial charge in [0, 0.05) is 4.90 Å². The number of benzene rings is 1. The second-order valence-electron chi connectivity index (χ2n) is 4.57. The number of nitrogens with one attached hydrogen (secondary N) is 1. The van der Waals surface area contributed by atoms with Gasteiger partial charge < -0.3 is 14.5 Å². The number of furan rings is 1. The Balaban J connectivity index is 1.85. The van der Waals surface area contributed by atoms with E-state index in [1.165, 1.54) is 13.2 Å². The molecule has 6 heteroatoms. The maximum absolute atomic E-state index is 12.0. The lowest BCUT2D eigenvalue weighted by Gasteiger charge is -2.13. The predicted molar refractivity (Wildman–Crippen MR) is 83.7 cm³/mol. The molecule has 1 aromatic carbocycles. The third-order valence-corrected chi connectivity index (χ3v) is 3.74. The normalized spacial score (nSPS) is 11.7. The molecule has 2 aromatic rings. The topological polar surface area (TPSA) is 68.5 Å². The zero-order valence-electron chi connectivity index (χ0n) is 12.4. The van der Waals surface area contributed by atoms with E-state index in [4.69, 9.17) is 9.15 Å². The molecule has 0 bridgehead atoms. The van der Waals surface area contributed by atoms with Gasteiger partial charge in [0.15, 0.2) is 6.10 Å². The standard InChI is InChI=1S/C16H17NO4S/c1-11(15(18)17-10-13-4-3-9-20-13)21-16(19)12-5-7-14(22-2)8-6-12/h3-9,11H,10H2,1-2H3,(H,17,18)/t11-/m0/s1. The summed E-state index contributed by atoms with van der Waals surface area (Å²) in [6.45, 7) is 1.79. The number of carbonyl (C=O) groups is 2. The molecule has 0 spiro atoms. The molecule has 1 aromatic heterocycles. The summed E-state index contributed by atoms with van der Waals surface area (Å²) >= 11 is 1.59. The summed E-state index contributed by atoms with van der Waals surface area (Å²) in [5.41, 5.74) is 0.420. The van der Waals surface area contributed by atoms with Gasteiger partial charge >= 0.3 is 5.97 Å². The minimum absolute atomic E-state index is 0.260. The largest absolute Gasteiger partial charge is 0.467 e. The molecule has 0 saturated heterocycles. The number of hydrogen-bond donors (Lipinski definition) is 1. The second-order valence-corrected chi connectivity index (χ2v) is 5.45. The summed E-state index contributed by atoms with van der Waals surface area (Å²) in [5, 5.41) is 2.65. The summed E-state index contributed by atoms with van der Waals surface area (Å²) in [7, 11) is 0. The number of esters is 1.